The summed E-state index contributed by atoms with van der Waals surface area (Å²) in [5, 5.41) is 12.6. The third-order valence-corrected chi connectivity index (χ3v) is 5.07. The van der Waals surface area contributed by atoms with Gasteiger partial charge in [-0.1, -0.05) is 25.1 Å². The van der Waals surface area contributed by atoms with Crippen molar-refractivity contribution in [2.45, 2.75) is 45.1 Å². The minimum absolute atomic E-state index is 0.0290. The van der Waals surface area contributed by atoms with Crippen molar-refractivity contribution in [3.8, 4) is 5.75 Å². The van der Waals surface area contributed by atoms with Crippen molar-refractivity contribution in [3.05, 3.63) is 64.6 Å². The maximum absolute atomic E-state index is 12.7. The molecule has 1 aromatic heterocycles. The molecule has 0 aliphatic rings. The molecule has 1 atom stereocenters. The third-order valence-electron chi connectivity index (χ3n) is 5.07. The Balaban J connectivity index is 1.50. The van der Waals surface area contributed by atoms with Crippen molar-refractivity contribution in [2.75, 3.05) is 13.2 Å². The molecule has 0 bridgehead atoms. The number of hydrogen-bond donors (Lipinski definition) is 2. The lowest BCUT2D eigenvalue weighted by Gasteiger charge is -2.14. The van der Waals surface area contributed by atoms with Crippen molar-refractivity contribution in [2.24, 2.45) is 0 Å². The molecule has 2 aromatic carbocycles. The summed E-state index contributed by atoms with van der Waals surface area (Å²) in [6.45, 7) is 2.32. The molecule has 0 spiro atoms. The molecule has 0 aliphatic heterocycles. The zero-order valence-corrected chi connectivity index (χ0v) is 18.1. The van der Waals surface area contributed by atoms with Crippen LogP contribution >= 0.6 is 0 Å². The Kier molecular flexibility index (Phi) is 7.80. The van der Waals surface area contributed by atoms with E-state index in [1.807, 2.05) is 31.2 Å². The van der Waals surface area contributed by atoms with Gasteiger partial charge >= 0.3 is 11.9 Å². The zero-order valence-electron chi connectivity index (χ0n) is 18.1. The summed E-state index contributed by atoms with van der Waals surface area (Å²) in [7, 11) is 0. The number of imidazole rings is 1. The van der Waals surface area contributed by atoms with E-state index in [4.69, 9.17) is 4.74 Å². The highest BCUT2D eigenvalue weighted by Gasteiger charge is 2.30. The summed E-state index contributed by atoms with van der Waals surface area (Å²) in [6, 6.07) is 11.7. The van der Waals surface area contributed by atoms with Gasteiger partial charge < -0.3 is 15.2 Å². The fourth-order valence-electron chi connectivity index (χ4n) is 3.48. The van der Waals surface area contributed by atoms with Gasteiger partial charge in [0.05, 0.1) is 16.6 Å². The lowest BCUT2D eigenvalue weighted by Crippen LogP contribution is -2.36. The van der Waals surface area contributed by atoms with Gasteiger partial charge in [0, 0.05) is 26.1 Å². The molecule has 1 unspecified atom stereocenters. The quantitative estimate of drug-likeness (QED) is 0.482. The second-order valence-corrected chi connectivity index (χ2v) is 7.62. The Morgan fingerprint density at radius 1 is 1.09 bits per heavy atom. The van der Waals surface area contributed by atoms with E-state index in [1.165, 1.54) is 12.1 Å². The number of aromatic nitrogens is 2. The normalized spacial score (nSPS) is 12.6. The van der Waals surface area contributed by atoms with Crippen LogP contribution in [0.15, 0.2) is 53.3 Å². The van der Waals surface area contributed by atoms with Gasteiger partial charge in [-0.2, -0.15) is 13.2 Å². The molecule has 0 fully saturated rings. The van der Waals surface area contributed by atoms with Crippen molar-refractivity contribution in [1.82, 2.24) is 14.5 Å². The molecule has 10 heteroatoms. The smallest absolute Gasteiger partial charge is 0.416 e. The van der Waals surface area contributed by atoms with E-state index in [0.717, 1.165) is 29.6 Å². The number of nitrogens with zero attached hydrogens (tertiary/aromatic N) is 2. The third kappa shape index (κ3) is 6.16. The number of aryl methyl sites for hydroxylation is 2. The number of carbonyl (C=O) groups excluding carboxylic acids is 1. The van der Waals surface area contributed by atoms with Crippen LogP contribution in [0.25, 0.3) is 11.0 Å². The first-order valence-corrected chi connectivity index (χ1v) is 10.6. The number of benzene rings is 2. The van der Waals surface area contributed by atoms with E-state index in [0.29, 0.717) is 6.54 Å². The van der Waals surface area contributed by atoms with Crippen molar-refractivity contribution >= 4 is 16.9 Å². The maximum Gasteiger partial charge on any atom is 0.416 e. The summed E-state index contributed by atoms with van der Waals surface area (Å²) in [5.41, 5.74) is 0.531. The number of ether oxygens (including phenoxy) is 1. The summed E-state index contributed by atoms with van der Waals surface area (Å²) in [4.78, 5) is 24.9. The fourth-order valence-corrected chi connectivity index (χ4v) is 3.48. The van der Waals surface area contributed by atoms with Gasteiger partial charge in [-0.3, -0.25) is 13.9 Å². The number of alkyl halides is 3. The number of halogens is 3. The molecule has 0 radical (unpaired) electrons. The van der Waals surface area contributed by atoms with E-state index in [9.17, 15) is 27.9 Å². The summed E-state index contributed by atoms with van der Waals surface area (Å²) in [5.74, 6) is -0.398. The fraction of sp³-hybridized carbons (Fsp3) is 0.391. The molecule has 2 N–H and O–H groups in total. The van der Waals surface area contributed by atoms with E-state index < -0.39 is 17.8 Å². The molecule has 0 aliphatic carbocycles. The minimum atomic E-state index is -4.49. The average Bonchev–Trinajstić information content (AvgIpc) is 3.05. The van der Waals surface area contributed by atoms with Gasteiger partial charge in [0.1, 0.15) is 18.5 Å². The first-order valence-electron chi connectivity index (χ1n) is 10.6. The van der Waals surface area contributed by atoms with Crippen LogP contribution in [-0.4, -0.2) is 39.4 Å². The van der Waals surface area contributed by atoms with Crippen LogP contribution in [0.2, 0.25) is 0 Å². The largest absolute Gasteiger partial charge is 0.491 e. The minimum Gasteiger partial charge on any atom is -0.491 e. The van der Waals surface area contributed by atoms with Gasteiger partial charge in [-0.15, -0.1) is 0 Å². The predicted octanol–water partition coefficient (Wildman–Crippen LogP) is 3.18. The molecular formula is C23H26F3N3O4. The van der Waals surface area contributed by atoms with Crippen molar-refractivity contribution < 1.29 is 27.8 Å². The summed E-state index contributed by atoms with van der Waals surface area (Å²) < 4.78 is 46.7. The first-order chi connectivity index (χ1) is 15.7. The molecule has 178 valence electrons. The average molecular weight is 465 g/mol. The standard InChI is InChI=1S/C23H26F3N3O4/c1-2-11-28-19-8-3-4-9-20(19)29(22(28)32)12-10-21(31)27-14-17(30)15-33-18-7-5-6-16(13-18)23(24,25)26/h3-9,13,17,30H,2,10-12,14-15H2,1H3,(H,27,31). The summed E-state index contributed by atoms with van der Waals surface area (Å²) in [6.07, 6.45) is -4.77. The van der Waals surface area contributed by atoms with Crippen LogP contribution in [0.1, 0.15) is 25.3 Å². The lowest BCUT2D eigenvalue weighted by atomic mass is 10.2. The highest BCUT2D eigenvalue weighted by atomic mass is 19.4. The van der Waals surface area contributed by atoms with Gasteiger partial charge in [-0.05, 0) is 36.8 Å². The number of nitrogens with one attached hydrogen (secondary N) is 1. The second kappa shape index (κ2) is 10.6. The SMILES string of the molecule is CCCn1c(=O)n(CCC(=O)NCC(O)COc2cccc(C(F)(F)F)c2)c2ccccc21. The second-order valence-electron chi connectivity index (χ2n) is 7.62. The van der Waals surface area contributed by atoms with E-state index in [1.54, 1.807) is 9.13 Å². The predicted molar refractivity (Wildman–Crippen MR) is 117 cm³/mol. The van der Waals surface area contributed by atoms with Crippen LogP contribution in [0, 0.1) is 0 Å². The van der Waals surface area contributed by atoms with Crippen LogP contribution in [-0.2, 0) is 24.1 Å². The number of fused-ring (bicyclic) bond motifs is 1. The Morgan fingerprint density at radius 2 is 1.76 bits per heavy atom. The van der Waals surface area contributed by atoms with E-state index >= 15 is 0 Å². The van der Waals surface area contributed by atoms with Crippen LogP contribution in [0.4, 0.5) is 13.2 Å². The number of hydrogen-bond acceptors (Lipinski definition) is 4. The summed E-state index contributed by atoms with van der Waals surface area (Å²) >= 11 is 0. The zero-order chi connectivity index (χ0) is 24.0. The molecule has 0 saturated heterocycles. The van der Waals surface area contributed by atoms with Crippen LogP contribution in [0.3, 0.4) is 0 Å². The number of rotatable bonds is 10. The monoisotopic (exact) mass is 465 g/mol. The Bertz CT molecular complexity index is 1150. The molecule has 7 nitrogen and oxygen atoms in total. The first kappa shape index (κ1) is 24.4. The highest BCUT2D eigenvalue weighted by molar-refractivity contribution is 5.78. The maximum atomic E-state index is 12.7. The van der Waals surface area contributed by atoms with Crippen molar-refractivity contribution in [3.63, 3.8) is 0 Å². The number of aliphatic hydroxyl groups is 1. The topological polar surface area (TPSA) is 85.5 Å². The Labute approximate surface area is 188 Å². The highest BCUT2D eigenvalue weighted by Crippen LogP contribution is 2.31. The Morgan fingerprint density at radius 3 is 2.39 bits per heavy atom. The number of carbonyl (C=O) groups is 1. The van der Waals surface area contributed by atoms with Crippen molar-refractivity contribution in [1.29, 1.82) is 0 Å². The number of para-hydroxylation sites is 2. The molecular weight excluding hydrogens is 439 g/mol. The Hall–Kier alpha value is -3.27. The van der Waals surface area contributed by atoms with Gasteiger partial charge in [0.25, 0.3) is 0 Å². The molecule has 0 saturated carbocycles. The molecule has 3 aromatic rings. The van der Waals surface area contributed by atoms with Gasteiger partial charge in [0.15, 0.2) is 0 Å². The van der Waals surface area contributed by atoms with E-state index in [2.05, 4.69) is 5.32 Å². The van der Waals surface area contributed by atoms with Crippen LogP contribution < -0.4 is 15.7 Å². The van der Waals surface area contributed by atoms with E-state index in [-0.39, 0.29) is 43.5 Å². The lowest BCUT2D eigenvalue weighted by molar-refractivity contribution is -0.137. The molecule has 33 heavy (non-hydrogen) atoms. The molecule has 1 heterocycles. The van der Waals surface area contributed by atoms with Crippen LogP contribution in [0.5, 0.6) is 5.75 Å². The molecule has 1 amide bonds. The molecule has 3 rings (SSSR count). The van der Waals surface area contributed by atoms with Gasteiger partial charge in [0.2, 0.25) is 5.91 Å². The number of amides is 1. The van der Waals surface area contributed by atoms with Gasteiger partial charge in [-0.25, -0.2) is 4.79 Å². The number of aliphatic hydroxyl groups excluding tert-OH is 1.